The number of aliphatic hydroxyl groups is 1. The van der Waals surface area contributed by atoms with Gasteiger partial charge in [-0.15, -0.1) is 0 Å². The van der Waals surface area contributed by atoms with Gasteiger partial charge < -0.3 is 14.7 Å². The molecule has 2 aliphatic heterocycles. The fourth-order valence-electron chi connectivity index (χ4n) is 3.32. The first-order chi connectivity index (χ1) is 8.74. The molecular formula is C15H25NO3. The second-order valence-corrected chi connectivity index (χ2v) is 6.78. The van der Waals surface area contributed by atoms with Crippen molar-refractivity contribution in [3.8, 4) is 0 Å². The van der Waals surface area contributed by atoms with E-state index in [1.807, 2.05) is 44.7 Å². The smallest absolute Gasteiger partial charge is 0.410 e. The fourth-order valence-corrected chi connectivity index (χ4v) is 3.32. The Labute approximate surface area is 115 Å². The summed E-state index contributed by atoms with van der Waals surface area (Å²) >= 11 is 0. The number of amides is 1. The summed E-state index contributed by atoms with van der Waals surface area (Å²) in [6.07, 6.45) is 6.68. The average Bonchev–Trinajstić information content (AvgIpc) is 2.50. The topological polar surface area (TPSA) is 49.8 Å². The van der Waals surface area contributed by atoms with Gasteiger partial charge in [-0.3, -0.25) is 0 Å². The summed E-state index contributed by atoms with van der Waals surface area (Å²) in [7, 11) is 0. The Hall–Kier alpha value is -1.03. The highest BCUT2D eigenvalue weighted by atomic mass is 16.6. The van der Waals surface area contributed by atoms with E-state index in [0.717, 1.165) is 12.8 Å². The molecule has 4 heteroatoms. The molecule has 2 unspecified atom stereocenters. The van der Waals surface area contributed by atoms with Crippen molar-refractivity contribution in [2.75, 3.05) is 0 Å². The van der Waals surface area contributed by atoms with Gasteiger partial charge in [0.2, 0.25) is 0 Å². The standard InChI is InChI=1S/C15H25NO3/c1-5-8-15(18)9-11-6-7-12(10-15)16(11)13(17)19-14(2,3)4/h5,8,11-12,18H,6-7,9-10H2,1-4H3/b8-5-. The van der Waals surface area contributed by atoms with Crippen LogP contribution in [-0.4, -0.2) is 39.4 Å². The molecule has 0 saturated carbocycles. The summed E-state index contributed by atoms with van der Waals surface area (Å²) in [4.78, 5) is 14.1. The lowest BCUT2D eigenvalue weighted by Gasteiger charge is -2.42. The minimum absolute atomic E-state index is 0.106. The summed E-state index contributed by atoms with van der Waals surface area (Å²) < 4.78 is 5.47. The second-order valence-electron chi connectivity index (χ2n) is 6.78. The largest absolute Gasteiger partial charge is 0.444 e. The van der Waals surface area contributed by atoms with E-state index in [2.05, 4.69) is 0 Å². The lowest BCUT2D eigenvalue weighted by molar-refractivity contribution is -0.0348. The van der Waals surface area contributed by atoms with Crippen molar-refractivity contribution >= 4 is 6.09 Å². The third-order valence-corrected chi connectivity index (χ3v) is 3.88. The highest BCUT2D eigenvalue weighted by Crippen LogP contribution is 2.42. The van der Waals surface area contributed by atoms with E-state index < -0.39 is 11.2 Å². The Balaban J connectivity index is 2.09. The Bertz CT molecular complexity index is 369. The van der Waals surface area contributed by atoms with E-state index in [1.54, 1.807) is 0 Å². The Morgan fingerprint density at radius 3 is 2.26 bits per heavy atom. The molecule has 0 radical (unpaired) electrons. The van der Waals surface area contributed by atoms with Crippen LogP contribution in [0.25, 0.3) is 0 Å². The van der Waals surface area contributed by atoms with E-state index >= 15 is 0 Å². The molecule has 0 aromatic heterocycles. The molecule has 2 atom stereocenters. The van der Waals surface area contributed by atoms with Gasteiger partial charge in [-0.2, -0.15) is 0 Å². The molecule has 0 aromatic rings. The second kappa shape index (κ2) is 4.82. The van der Waals surface area contributed by atoms with Crippen molar-refractivity contribution in [1.29, 1.82) is 0 Å². The lowest BCUT2D eigenvalue weighted by Crippen LogP contribution is -2.53. The molecule has 1 amide bonds. The fraction of sp³-hybridized carbons (Fsp3) is 0.800. The van der Waals surface area contributed by atoms with Crippen LogP contribution in [0.4, 0.5) is 4.79 Å². The Kier molecular flexibility index (Phi) is 3.65. The van der Waals surface area contributed by atoms with Crippen LogP contribution in [0.15, 0.2) is 12.2 Å². The van der Waals surface area contributed by atoms with E-state index in [1.165, 1.54) is 0 Å². The van der Waals surface area contributed by atoms with Gasteiger partial charge in [0.25, 0.3) is 0 Å². The summed E-state index contributed by atoms with van der Waals surface area (Å²) in [6, 6.07) is 0.213. The Morgan fingerprint density at radius 1 is 1.32 bits per heavy atom. The van der Waals surface area contributed by atoms with Gasteiger partial charge in [-0.25, -0.2) is 4.79 Å². The minimum atomic E-state index is -0.751. The number of ether oxygens (including phenoxy) is 1. The average molecular weight is 267 g/mol. The maximum Gasteiger partial charge on any atom is 0.410 e. The SMILES string of the molecule is C/C=C\C1(O)CC2CCC(C1)N2C(=O)OC(C)(C)C. The predicted octanol–water partition coefficient (Wildman–Crippen LogP) is 2.86. The maximum absolute atomic E-state index is 12.2. The van der Waals surface area contributed by atoms with Crippen LogP contribution in [0.2, 0.25) is 0 Å². The van der Waals surface area contributed by atoms with Gasteiger partial charge in [0, 0.05) is 24.9 Å². The van der Waals surface area contributed by atoms with Crippen molar-refractivity contribution in [3.63, 3.8) is 0 Å². The third kappa shape index (κ3) is 3.11. The lowest BCUT2D eigenvalue weighted by atomic mass is 9.86. The predicted molar refractivity (Wildman–Crippen MR) is 73.9 cm³/mol. The van der Waals surface area contributed by atoms with Crippen molar-refractivity contribution < 1.29 is 14.6 Å². The van der Waals surface area contributed by atoms with Gasteiger partial charge in [0.15, 0.2) is 0 Å². The zero-order chi connectivity index (χ0) is 14.3. The summed E-state index contributed by atoms with van der Waals surface area (Å²) in [5.41, 5.74) is -1.22. The maximum atomic E-state index is 12.2. The molecule has 4 nitrogen and oxygen atoms in total. The van der Waals surface area contributed by atoms with Crippen molar-refractivity contribution in [1.82, 2.24) is 4.90 Å². The molecule has 1 N–H and O–H groups in total. The van der Waals surface area contributed by atoms with Crippen LogP contribution in [0.5, 0.6) is 0 Å². The van der Waals surface area contributed by atoms with Crippen LogP contribution >= 0.6 is 0 Å². The molecule has 19 heavy (non-hydrogen) atoms. The summed E-state index contributed by atoms with van der Waals surface area (Å²) in [5.74, 6) is 0. The van der Waals surface area contributed by atoms with Crippen molar-refractivity contribution in [3.05, 3.63) is 12.2 Å². The molecule has 0 aromatic carbocycles. The zero-order valence-corrected chi connectivity index (χ0v) is 12.3. The molecule has 0 aliphatic carbocycles. The number of hydrogen-bond acceptors (Lipinski definition) is 3. The number of piperidine rings is 1. The van der Waals surface area contributed by atoms with E-state index in [4.69, 9.17) is 4.74 Å². The van der Waals surface area contributed by atoms with Crippen LogP contribution in [-0.2, 0) is 4.74 Å². The monoisotopic (exact) mass is 267 g/mol. The highest BCUT2D eigenvalue weighted by Gasteiger charge is 2.49. The number of fused-ring (bicyclic) bond motifs is 2. The molecule has 2 aliphatic rings. The zero-order valence-electron chi connectivity index (χ0n) is 12.3. The van der Waals surface area contributed by atoms with Gasteiger partial charge in [0.05, 0.1) is 5.60 Å². The van der Waals surface area contributed by atoms with E-state index in [-0.39, 0.29) is 18.2 Å². The van der Waals surface area contributed by atoms with Crippen molar-refractivity contribution in [2.24, 2.45) is 0 Å². The van der Waals surface area contributed by atoms with Crippen LogP contribution in [0.3, 0.4) is 0 Å². The van der Waals surface area contributed by atoms with Gasteiger partial charge >= 0.3 is 6.09 Å². The molecule has 0 spiro atoms. The van der Waals surface area contributed by atoms with Gasteiger partial charge in [-0.05, 0) is 40.5 Å². The number of rotatable bonds is 1. The normalized spacial score (nSPS) is 34.9. The first-order valence-electron chi connectivity index (χ1n) is 7.12. The van der Waals surface area contributed by atoms with Gasteiger partial charge in [0.1, 0.15) is 5.60 Å². The van der Waals surface area contributed by atoms with Crippen LogP contribution < -0.4 is 0 Å². The van der Waals surface area contributed by atoms with Gasteiger partial charge in [-0.1, -0.05) is 12.2 Å². The molecule has 2 saturated heterocycles. The minimum Gasteiger partial charge on any atom is -0.444 e. The van der Waals surface area contributed by atoms with Crippen molar-refractivity contribution in [2.45, 2.75) is 76.7 Å². The van der Waals surface area contributed by atoms with E-state index in [9.17, 15) is 9.90 Å². The third-order valence-electron chi connectivity index (χ3n) is 3.88. The number of allylic oxidation sites excluding steroid dienone is 1. The molecule has 2 fully saturated rings. The first kappa shape index (κ1) is 14.4. The quantitative estimate of drug-likeness (QED) is 0.743. The van der Waals surface area contributed by atoms with Crippen LogP contribution in [0, 0.1) is 0 Å². The number of carbonyl (C=O) groups is 1. The molecular weight excluding hydrogens is 242 g/mol. The Morgan fingerprint density at radius 2 is 1.84 bits per heavy atom. The molecule has 2 heterocycles. The number of nitrogens with zero attached hydrogens (tertiary/aromatic N) is 1. The molecule has 2 rings (SSSR count). The first-order valence-corrected chi connectivity index (χ1v) is 7.12. The summed E-state index contributed by atoms with van der Waals surface area (Å²) in [5, 5.41) is 10.5. The molecule has 2 bridgehead atoms. The van der Waals surface area contributed by atoms with E-state index in [0.29, 0.717) is 12.8 Å². The number of hydrogen-bond donors (Lipinski definition) is 1. The van der Waals surface area contributed by atoms with Crippen LogP contribution in [0.1, 0.15) is 53.4 Å². The number of carbonyl (C=O) groups excluding carboxylic acids is 1. The molecule has 108 valence electrons. The summed E-state index contributed by atoms with van der Waals surface area (Å²) in [6.45, 7) is 7.56. The highest BCUT2D eigenvalue weighted by molar-refractivity contribution is 5.69.